The van der Waals surface area contributed by atoms with Crippen LogP contribution in [0.25, 0.3) is 0 Å². The predicted octanol–water partition coefficient (Wildman–Crippen LogP) is 3.03. The van der Waals surface area contributed by atoms with Crippen molar-refractivity contribution < 1.29 is 4.79 Å². The molecule has 0 N–H and O–H groups in total. The molecule has 0 aromatic heterocycles. The Morgan fingerprint density at radius 1 is 1.36 bits per heavy atom. The van der Waals surface area contributed by atoms with Crippen LogP contribution in [0.3, 0.4) is 0 Å². The number of hydrogen-bond donors (Lipinski definition) is 0. The molecular formula is C13H16O. The fourth-order valence-corrected chi connectivity index (χ4v) is 1.43. The molecule has 0 saturated carbocycles. The molecule has 0 aliphatic heterocycles. The maximum absolute atomic E-state index is 10.6. The molecule has 0 spiro atoms. The number of aryl methyl sites for hydroxylation is 1. The van der Waals surface area contributed by atoms with E-state index in [4.69, 9.17) is 0 Å². The van der Waals surface area contributed by atoms with Crippen molar-refractivity contribution in [2.75, 3.05) is 0 Å². The normalized spacial score (nSPS) is 14.4. The molecule has 1 aromatic rings. The highest BCUT2D eigenvalue weighted by Gasteiger charge is 2.21. The standard InChI is InChI=1S/C13H16O/c1-4-13(3,9-10-14)12-7-5-11(2)6-8-12/h4-8,10H,1,9H2,2-3H3/t13-/m1/s1. The summed E-state index contributed by atoms with van der Waals surface area (Å²) in [6.45, 7) is 7.87. The van der Waals surface area contributed by atoms with Crippen LogP contribution in [0, 0.1) is 6.92 Å². The third kappa shape index (κ3) is 2.11. The van der Waals surface area contributed by atoms with E-state index in [1.165, 1.54) is 5.56 Å². The summed E-state index contributed by atoms with van der Waals surface area (Å²) in [5.41, 5.74) is 2.14. The fourth-order valence-electron chi connectivity index (χ4n) is 1.43. The van der Waals surface area contributed by atoms with E-state index in [1.54, 1.807) is 0 Å². The topological polar surface area (TPSA) is 17.1 Å². The predicted molar refractivity (Wildman–Crippen MR) is 59.4 cm³/mol. The van der Waals surface area contributed by atoms with Crippen molar-refractivity contribution in [3.8, 4) is 0 Å². The van der Waals surface area contributed by atoms with E-state index in [1.807, 2.05) is 13.0 Å². The van der Waals surface area contributed by atoms with Crippen LogP contribution in [0.5, 0.6) is 0 Å². The van der Waals surface area contributed by atoms with Crippen molar-refractivity contribution in [1.29, 1.82) is 0 Å². The second-order valence-corrected chi connectivity index (χ2v) is 3.86. The smallest absolute Gasteiger partial charge is 0.121 e. The van der Waals surface area contributed by atoms with Gasteiger partial charge in [0.1, 0.15) is 6.29 Å². The summed E-state index contributed by atoms with van der Waals surface area (Å²) < 4.78 is 0. The first-order chi connectivity index (χ1) is 6.62. The lowest BCUT2D eigenvalue weighted by Crippen LogP contribution is -2.18. The minimum absolute atomic E-state index is 0.227. The molecule has 1 heteroatoms. The SMILES string of the molecule is C=C[C@](C)(CC=O)c1ccc(C)cc1. The van der Waals surface area contributed by atoms with Crippen LogP contribution >= 0.6 is 0 Å². The number of allylic oxidation sites excluding steroid dienone is 1. The van der Waals surface area contributed by atoms with Gasteiger partial charge in [-0.05, 0) is 12.5 Å². The Morgan fingerprint density at radius 2 is 1.93 bits per heavy atom. The van der Waals surface area contributed by atoms with Crippen molar-refractivity contribution in [3.63, 3.8) is 0 Å². The average molecular weight is 188 g/mol. The molecule has 0 bridgehead atoms. The van der Waals surface area contributed by atoms with Gasteiger partial charge < -0.3 is 4.79 Å². The zero-order chi connectivity index (χ0) is 10.6. The Balaban J connectivity index is 3.05. The molecule has 0 saturated heterocycles. The second kappa shape index (κ2) is 4.23. The van der Waals surface area contributed by atoms with Crippen LogP contribution in [0.4, 0.5) is 0 Å². The van der Waals surface area contributed by atoms with Crippen molar-refractivity contribution in [2.24, 2.45) is 0 Å². The van der Waals surface area contributed by atoms with Gasteiger partial charge in [0.15, 0.2) is 0 Å². The van der Waals surface area contributed by atoms with Crippen molar-refractivity contribution >= 4 is 6.29 Å². The first kappa shape index (κ1) is 10.7. The lowest BCUT2D eigenvalue weighted by molar-refractivity contribution is -0.108. The van der Waals surface area contributed by atoms with Crippen molar-refractivity contribution in [3.05, 3.63) is 48.0 Å². The number of benzene rings is 1. The zero-order valence-corrected chi connectivity index (χ0v) is 8.79. The van der Waals surface area contributed by atoms with Crippen LogP contribution in [0.1, 0.15) is 24.5 Å². The molecule has 0 unspecified atom stereocenters. The Hall–Kier alpha value is -1.37. The number of hydrogen-bond acceptors (Lipinski definition) is 1. The molecule has 0 aliphatic rings. The molecule has 1 rings (SSSR count). The van der Waals surface area contributed by atoms with Gasteiger partial charge in [0.25, 0.3) is 0 Å². The van der Waals surface area contributed by atoms with E-state index >= 15 is 0 Å². The highest BCUT2D eigenvalue weighted by atomic mass is 16.1. The Labute approximate surface area is 85.5 Å². The quantitative estimate of drug-likeness (QED) is 0.524. The number of carbonyl (C=O) groups excluding carboxylic acids is 1. The zero-order valence-electron chi connectivity index (χ0n) is 8.79. The first-order valence-corrected chi connectivity index (χ1v) is 4.77. The molecule has 1 atom stereocenters. The van der Waals surface area contributed by atoms with E-state index in [-0.39, 0.29) is 5.41 Å². The molecule has 14 heavy (non-hydrogen) atoms. The minimum Gasteiger partial charge on any atom is -0.303 e. The summed E-state index contributed by atoms with van der Waals surface area (Å²) in [7, 11) is 0. The first-order valence-electron chi connectivity index (χ1n) is 4.77. The third-order valence-corrected chi connectivity index (χ3v) is 2.67. The molecule has 74 valence electrons. The molecule has 1 nitrogen and oxygen atoms in total. The van der Waals surface area contributed by atoms with Crippen LogP contribution < -0.4 is 0 Å². The summed E-state index contributed by atoms with van der Waals surface area (Å²) in [5, 5.41) is 0. The van der Waals surface area contributed by atoms with Gasteiger partial charge in [-0.1, -0.05) is 42.8 Å². The highest BCUT2D eigenvalue weighted by Crippen LogP contribution is 2.27. The Kier molecular flexibility index (Phi) is 3.23. The Morgan fingerprint density at radius 3 is 2.36 bits per heavy atom. The van der Waals surface area contributed by atoms with Gasteiger partial charge in [0, 0.05) is 11.8 Å². The lowest BCUT2D eigenvalue weighted by Gasteiger charge is -2.23. The van der Waals surface area contributed by atoms with Gasteiger partial charge in [0.05, 0.1) is 0 Å². The summed E-state index contributed by atoms with van der Waals surface area (Å²) in [5.74, 6) is 0. The van der Waals surface area contributed by atoms with E-state index in [9.17, 15) is 4.79 Å². The average Bonchev–Trinajstić information content (AvgIpc) is 2.19. The molecule has 0 amide bonds. The fraction of sp³-hybridized carbons (Fsp3) is 0.308. The van der Waals surface area contributed by atoms with Crippen LogP contribution in [-0.2, 0) is 10.2 Å². The maximum atomic E-state index is 10.6. The van der Waals surface area contributed by atoms with E-state index in [0.29, 0.717) is 6.42 Å². The molecular weight excluding hydrogens is 172 g/mol. The molecule has 0 heterocycles. The molecule has 0 fully saturated rings. The van der Waals surface area contributed by atoms with Gasteiger partial charge in [-0.25, -0.2) is 0 Å². The van der Waals surface area contributed by atoms with Gasteiger partial charge in [-0.2, -0.15) is 0 Å². The van der Waals surface area contributed by atoms with Crippen molar-refractivity contribution in [1.82, 2.24) is 0 Å². The monoisotopic (exact) mass is 188 g/mol. The van der Waals surface area contributed by atoms with Gasteiger partial charge in [-0.15, -0.1) is 6.58 Å². The van der Waals surface area contributed by atoms with Gasteiger partial charge in [0.2, 0.25) is 0 Å². The van der Waals surface area contributed by atoms with E-state index < -0.39 is 0 Å². The molecule has 0 aliphatic carbocycles. The number of carbonyl (C=O) groups is 1. The maximum Gasteiger partial charge on any atom is 0.121 e. The van der Waals surface area contributed by atoms with Gasteiger partial charge in [-0.3, -0.25) is 0 Å². The summed E-state index contributed by atoms with van der Waals surface area (Å²) in [6.07, 6.45) is 3.27. The summed E-state index contributed by atoms with van der Waals surface area (Å²) >= 11 is 0. The van der Waals surface area contributed by atoms with Crippen LogP contribution in [0.15, 0.2) is 36.9 Å². The van der Waals surface area contributed by atoms with E-state index in [0.717, 1.165) is 11.8 Å². The minimum atomic E-state index is -0.227. The number of aldehydes is 1. The van der Waals surface area contributed by atoms with Crippen LogP contribution in [0.2, 0.25) is 0 Å². The number of rotatable bonds is 4. The van der Waals surface area contributed by atoms with Gasteiger partial charge >= 0.3 is 0 Å². The third-order valence-electron chi connectivity index (χ3n) is 2.67. The van der Waals surface area contributed by atoms with E-state index in [2.05, 4.69) is 37.8 Å². The molecule has 0 radical (unpaired) electrons. The van der Waals surface area contributed by atoms with Crippen LogP contribution in [-0.4, -0.2) is 6.29 Å². The largest absolute Gasteiger partial charge is 0.303 e. The lowest BCUT2D eigenvalue weighted by atomic mass is 9.80. The molecule has 1 aromatic carbocycles. The second-order valence-electron chi connectivity index (χ2n) is 3.86. The summed E-state index contributed by atoms with van der Waals surface area (Å²) in [6, 6.07) is 8.23. The Bertz CT molecular complexity index is 324. The summed E-state index contributed by atoms with van der Waals surface area (Å²) in [4.78, 5) is 10.6. The highest BCUT2D eigenvalue weighted by molar-refractivity contribution is 5.54. The van der Waals surface area contributed by atoms with Crippen molar-refractivity contribution in [2.45, 2.75) is 25.7 Å².